The lowest BCUT2D eigenvalue weighted by atomic mass is 9.83. The molecular formula is C16H28N2O3. The van der Waals surface area contributed by atoms with Crippen LogP contribution in [0.2, 0.25) is 0 Å². The van der Waals surface area contributed by atoms with E-state index in [1.54, 1.807) is 4.90 Å². The van der Waals surface area contributed by atoms with Gasteiger partial charge in [-0.2, -0.15) is 0 Å². The van der Waals surface area contributed by atoms with Crippen LogP contribution in [0.3, 0.4) is 0 Å². The Kier molecular flexibility index (Phi) is 5.12. The number of carbonyl (C=O) groups excluding carboxylic acids is 1. The fourth-order valence-electron chi connectivity index (χ4n) is 3.74. The molecular weight excluding hydrogens is 268 g/mol. The molecule has 0 radical (unpaired) electrons. The fourth-order valence-corrected chi connectivity index (χ4v) is 3.74. The summed E-state index contributed by atoms with van der Waals surface area (Å²) in [5.74, 6) is -0.747. The summed E-state index contributed by atoms with van der Waals surface area (Å²) in [5.41, 5.74) is -0.723. The highest BCUT2D eigenvalue weighted by Gasteiger charge is 2.46. The van der Waals surface area contributed by atoms with E-state index in [2.05, 4.69) is 6.92 Å². The van der Waals surface area contributed by atoms with Crippen LogP contribution in [-0.2, 0) is 4.79 Å². The molecule has 2 atom stereocenters. The summed E-state index contributed by atoms with van der Waals surface area (Å²) in [6.45, 7) is 5.87. The van der Waals surface area contributed by atoms with Gasteiger partial charge in [0.2, 0.25) is 0 Å². The quantitative estimate of drug-likeness (QED) is 0.871. The number of carbonyl (C=O) groups is 2. The number of hydrogen-bond acceptors (Lipinski definition) is 2. The maximum Gasteiger partial charge on any atom is 0.320 e. The van der Waals surface area contributed by atoms with Gasteiger partial charge in [0.15, 0.2) is 0 Å². The number of likely N-dealkylation sites (tertiary alicyclic amines) is 2. The summed E-state index contributed by atoms with van der Waals surface area (Å²) >= 11 is 0. The number of urea groups is 1. The SMILES string of the molecule is CCCC1(C(=O)O)CCN(C(=O)N2CCCCCC2C)C1. The Balaban J connectivity index is 2.05. The molecule has 2 fully saturated rings. The molecule has 0 spiro atoms. The van der Waals surface area contributed by atoms with E-state index in [9.17, 15) is 14.7 Å². The molecule has 2 saturated heterocycles. The number of hydrogen-bond donors (Lipinski definition) is 1. The van der Waals surface area contributed by atoms with Crippen molar-refractivity contribution in [3.8, 4) is 0 Å². The first-order valence-electron chi connectivity index (χ1n) is 8.29. The third-order valence-corrected chi connectivity index (χ3v) is 5.11. The monoisotopic (exact) mass is 296 g/mol. The Labute approximate surface area is 127 Å². The Morgan fingerprint density at radius 3 is 2.67 bits per heavy atom. The Bertz CT molecular complexity index is 399. The zero-order chi connectivity index (χ0) is 15.5. The topological polar surface area (TPSA) is 60.9 Å². The summed E-state index contributed by atoms with van der Waals surface area (Å²) in [7, 11) is 0. The highest BCUT2D eigenvalue weighted by atomic mass is 16.4. The van der Waals surface area contributed by atoms with Crippen LogP contribution >= 0.6 is 0 Å². The molecule has 0 aromatic rings. The van der Waals surface area contributed by atoms with Gasteiger partial charge < -0.3 is 14.9 Å². The lowest BCUT2D eigenvalue weighted by Gasteiger charge is -2.32. The largest absolute Gasteiger partial charge is 0.481 e. The second-order valence-electron chi connectivity index (χ2n) is 6.68. The van der Waals surface area contributed by atoms with Crippen molar-refractivity contribution >= 4 is 12.0 Å². The molecule has 5 nitrogen and oxygen atoms in total. The van der Waals surface area contributed by atoms with Crippen molar-refractivity contribution in [2.45, 2.75) is 64.8 Å². The average molecular weight is 296 g/mol. The van der Waals surface area contributed by atoms with Crippen molar-refractivity contribution in [3.63, 3.8) is 0 Å². The lowest BCUT2D eigenvalue weighted by molar-refractivity contribution is -0.148. The van der Waals surface area contributed by atoms with Gasteiger partial charge in [-0.25, -0.2) is 4.79 Å². The molecule has 2 amide bonds. The van der Waals surface area contributed by atoms with E-state index in [-0.39, 0.29) is 12.1 Å². The Morgan fingerprint density at radius 1 is 1.24 bits per heavy atom. The molecule has 2 aliphatic heterocycles. The van der Waals surface area contributed by atoms with Gasteiger partial charge in [-0.1, -0.05) is 26.2 Å². The second kappa shape index (κ2) is 6.67. The highest BCUT2D eigenvalue weighted by molar-refractivity contribution is 5.80. The number of nitrogens with zero attached hydrogens (tertiary/aromatic N) is 2. The number of amides is 2. The van der Waals surface area contributed by atoms with E-state index in [1.165, 1.54) is 12.8 Å². The summed E-state index contributed by atoms with van der Waals surface area (Å²) in [6.07, 6.45) is 6.56. The van der Waals surface area contributed by atoms with Gasteiger partial charge in [0.25, 0.3) is 0 Å². The average Bonchev–Trinajstić information content (AvgIpc) is 2.76. The molecule has 2 unspecified atom stereocenters. The van der Waals surface area contributed by atoms with Crippen LogP contribution in [0.5, 0.6) is 0 Å². The third kappa shape index (κ3) is 3.33. The van der Waals surface area contributed by atoms with Crippen LogP contribution in [0.1, 0.15) is 58.8 Å². The van der Waals surface area contributed by atoms with Gasteiger partial charge in [0.05, 0.1) is 5.41 Å². The number of aliphatic carboxylic acids is 1. The summed E-state index contributed by atoms with van der Waals surface area (Å²) in [6, 6.07) is 0.314. The Morgan fingerprint density at radius 2 is 2.00 bits per heavy atom. The van der Waals surface area contributed by atoms with Gasteiger partial charge in [-0.05, 0) is 32.6 Å². The van der Waals surface area contributed by atoms with Crippen molar-refractivity contribution in [2.24, 2.45) is 5.41 Å². The lowest BCUT2D eigenvalue weighted by Crippen LogP contribution is -2.47. The van der Waals surface area contributed by atoms with Gasteiger partial charge in [0.1, 0.15) is 0 Å². The summed E-state index contributed by atoms with van der Waals surface area (Å²) in [5, 5.41) is 9.55. The van der Waals surface area contributed by atoms with Crippen molar-refractivity contribution in [2.75, 3.05) is 19.6 Å². The number of rotatable bonds is 3. The summed E-state index contributed by atoms with van der Waals surface area (Å²) < 4.78 is 0. The van der Waals surface area contributed by atoms with Gasteiger partial charge in [-0.3, -0.25) is 4.79 Å². The van der Waals surface area contributed by atoms with E-state index in [0.717, 1.165) is 25.8 Å². The van der Waals surface area contributed by atoms with E-state index < -0.39 is 11.4 Å². The smallest absolute Gasteiger partial charge is 0.320 e. The first-order valence-corrected chi connectivity index (χ1v) is 8.29. The predicted molar refractivity (Wildman–Crippen MR) is 81.2 cm³/mol. The molecule has 21 heavy (non-hydrogen) atoms. The maximum atomic E-state index is 12.7. The van der Waals surface area contributed by atoms with Crippen molar-refractivity contribution in [1.29, 1.82) is 0 Å². The molecule has 2 heterocycles. The van der Waals surface area contributed by atoms with Gasteiger partial charge >= 0.3 is 12.0 Å². The molecule has 1 N–H and O–H groups in total. The van der Waals surface area contributed by atoms with Crippen LogP contribution in [0.25, 0.3) is 0 Å². The van der Waals surface area contributed by atoms with Crippen LogP contribution in [-0.4, -0.2) is 52.6 Å². The van der Waals surface area contributed by atoms with Crippen LogP contribution in [0.4, 0.5) is 4.79 Å². The van der Waals surface area contributed by atoms with E-state index in [4.69, 9.17) is 0 Å². The first-order chi connectivity index (χ1) is 10.00. The highest BCUT2D eigenvalue weighted by Crippen LogP contribution is 2.36. The second-order valence-corrected chi connectivity index (χ2v) is 6.68. The van der Waals surface area contributed by atoms with E-state index >= 15 is 0 Å². The van der Waals surface area contributed by atoms with E-state index in [0.29, 0.717) is 25.9 Å². The molecule has 2 aliphatic rings. The molecule has 5 heteroatoms. The van der Waals surface area contributed by atoms with Crippen molar-refractivity contribution in [1.82, 2.24) is 9.80 Å². The number of carboxylic acids is 1. The van der Waals surface area contributed by atoms with Crippen LogP contribution < -0.4 is 0 Å². The zero-order valence-electron chi connectivity index (χ0n) is 13.3. The van der Waals surface area contributed by atoms with Crippen molar-refractivity contribution < 1.29 is 14.7 Å². The predicted octanol–water partition coefficient (Wildman–Crippen LogP) is 2.95. The van der Waals surface area contributed by atoms with Gasteiger partial charge in [0, 0.05) is 25.7 Å². The minimum atomic E-state index is -0.747. The fraction of sp³-hybridized carbons (Fsp3) is 0.875. The van der Waals surface area contributed by atoms with Gasteiger partial charge in [-0.15, -0.1) is 0 Å². The molecule has 0 aliphatic carbocycles. The third-order valence-electron chi connectivity index (χ3n) is 5.11. The molecule has 0 saturated carbocycles. The number of carboxylic acid groups (broad SMARTS) is 1. The van der Waals surface area contributed by atoms with Crippen LogP contribution in [0.15, 0.2) is 0 Å². The molecule has 120 valence electrons. The first kappa shape index (κ1) is 16.1. The standard InChI is InChI=1S/C16H28N2O3/c1-3-8-16(14(19)20)9-11-17(12-16)15(21)18-10-6-4-5-7-13(18)2/h13H,3-12H2,1-2H3,(H,19,20). The molecule has 0 aromatic heterocycles. The van der Waals surface area contributed by atoms with Crippen molar-refractivity contribution in [3.05, 3.63) is 0 Å². The van der Waals surface area contributed by atoms with Crippen LogP contribution in [0, 0.1) is 5.41 Å². The minimum Gasteiger partial charge on any atom is -0.481 e. The maximum absolute atomic E-state index is 12.7. The molecule has 0 aromatic carbocycles. The zero-order valence-corrected chi connectivity index (χ0v) is 13.3. The normalized spacial score (nSPS) is 30.3. The minimum absolute atomic E-state index is 0.0450. The Hall–Kier alpha value is -1.26. The molecule has 0 bridgehead atoms. The summed E-state index contributed by atoms with van der Waals surface area (Å²) in [4.78, 5) is 28.1. The molecule has 2 rings (SSSR count). The van der Waals surface area contributed by atoms with E-state index in [1.807, 2.05) is 11.8 Å².